The maximum Gasteiger partial charge on any atom is 0.155 e. The highest BCUT2D eigenvalue weighted by Gasteiger charge is 2.13. The van der Waals surface area contributed by atoms with Crippen LogP contribution in [0.15, 0.2) is 11.6 Å². The standard InChI is InChI=1S/C12H19N3/c1-6-13-8-11-14-10(5)12(9(3)4)15(11)7-2/h7-9H,2,6H2,1,3-5H3. The summed E-state index contributed by atoms with van der Waals surface area (Å²) >= 11 is 0. The molecule has 0 bridgehead atoms. The van der Waals surface area contributed by atoms with E-state index >= 15 is 0 Å². The Morgan fingerprint density at radius 3 is 2.67 bits per heavy atom. The van der Waals surface area contributed by atoms with Crippen LogP contribution in [-0.2, 0) is 0 Å². The van der Waals surface area contributed by atoms with Gasteiger partial charge in [-0.3, -0.25) is 4.99 Å². The van der Waals surface area contributed by atoms with Crippen LogP contribution >= 0.6 is 0 Å². The van der Waals surface area contributed by atoms with E-state index in [4.69, 9.17) is 0 Å². The molecule has 1 aromatic heterocycles. The van der Waals surface area contributed by atoms with Crippen LogP contribution in [0.2, 0.25) is 0 Å². The van der Waals surface area contributed by atoms with Gasteiger partial charge in [-0.15, -0.1) is 0 Å². The molecule has 0 N–H and O–H groups in total. The number of hydrogen-bond donors (Lipinski definition) is 0. The molecule has 1 aromatic rings. The molecule has 1 heterocycles. The molecule has 82 valence electrons. The molecule has 0 aliphatic carbocycles. The van der Waals surface area contributed by atoms with E-state index in [-0.39, 0.29) is 0 Å². The maximum absolute atomic E-state index is 4.48. The number of rotatable bonds is 4. The topological polar surface area (TPSA) is 30.2 Å². The SMILES string of the molecule is C=Cn1c(C=NCC)nc(C)c1C(C)C. The summed E-state index contributed by atoms with van der Waals surface area (Å²) in [5.74, 6) is 1.31. The molecular weight excluding hydrogens is 186 g/mol. The lowest BCUT2D eigenvalue weighted by Gasteiger charge is -2.08. The van der Waals surface area contributed by atoms with Gasteiger partial charge in [-0.05, 0) is 19.8 Å². The lowest BCUT2D eigenvalue weighted by molar-refractivity contribution is 0.792. The average Bonchev–Trinajstić information content (AvgIpc) is 2.51. The van der Waals surface area contributed by atoms with Crippen LogP contribution < -0.4 is 0 Å². The van der Waals surface area contributed by atoms with Gasteiger partial charge in [-0.25, -0.2) is 4.98 Å². The van der Waals surface area contributed by atoms with Crippen LogP contribution in [0.4, 0.5) is 0 Å². The van der Waals surface area contributed by atoms with Gasteiger partial charge in [-0.2, -0.15) is 0 Å². The predicted octanol–water partition coefficient (Wildman–Crippen LogP) is 2.85. The fourth-order valence-electron chi connectivity index (χ4n) is 1.73. The number of aliphatic imine (C=N–C) groups is 1. The van der Waals surface area contributed by atoms with Crippen molar-refractivity contribution >= 4 is 12.4 Å². The van der Waals surface area contributed by atoms with Crippen LogP contribution in [-0.4, -0.2) is 22.3 Å². The summed E-state index contributed by atoms with van der Waals surface area (Å²) in [7, 11) is 0. The third-order valence-corrected chi connectivity index (χ3v) is 2.28. The first-order chi connectivity index (χ1) is 7.11. The highest BCUT2D eigenvalue weighted by atomic mass is 15.1. The van der Waals surface area contributed by atoms with Crippen molar-refractivity contribution in [1.29, 1.82) is 0 Å². The summed E-state index contributed by atoms with van der Waals surface area (Å²) in [6.45, 7) is 12.9. The smallest absolute Gasteiger partial charge is 0.155 e. The van der Waals surface area contributed by atoms with Crippen molar-refractivity contribution in [2.75, 3.05) is 6.54 Å². The van der Waals surface area contributed by atoms with Crippen molar-refractivity contribution in [3.8, 4) is 0 Å². The summed E-state index contributed by atoms with van der Waals surface area (Å²) in [4.78, 5) is 8.69. The molecule has 0 aliphatic rings. The van der Waals surface area contributed by atoms with Crippen LogP contribution in [0.3, 0.4) is 0 Å². The van der Waals surface area contributed by atoms with Crippen LogP contribution in [0, 0.1) is 6.92 Å². The molecule has 1 rings (SSSR count). The van der Waals surface area contributed by atoms with Gasteiger partial charge >= 0.3 is 0 Å². The predicted molar refractivity (Wildman–Crippen MR) is 65.6 cm³/mol. The van der Waals surface area contributed by atoms with Gasteiger partial charge in [0.1, 0.15) is 0 Å². The van der Waals surface area contributed by atoms with Crippen LogP contribution in [0.1, 0.15) is 43.9 Å². The molecule has 0 unspecified atom stereocenters. The second-order valence-electron chi connectivity index (χ2n) is 3.78. The minimum absolute atomic E-state index is 0.444. The number of hydrogen-bond acceptors (Lipinski definition) is 2. The Labute approximate surface area is 91.6 Å². The Bertz CT molecular complexity index is 372. The van der Waals surface area contributed by atoms with E-state index in [0.29, 0.717) is 5.92 Å². The lowest BCUT2D eigenvalue weighted by atomic mass is 10.1. The number of aryl methyl sites for hydroxylation is 1. The van der Waals surface area contributed by atoms with Gasteiger partial charge < -0.3 is 4.57 Å². The molecule has 0 atom stereocenters. The van der Waals surface area contributed by atoms with Crippen molar-refractivity contribution in [3.05, 3.63) is 23.8 Å². The zero-order valence-electron chi connectivity index (χ0n) is 9.99. The monoisotopic (exact) mass is 205 g/mol. The quantitative estimate of drug-likeness (QED) is 0.695. The molecule has 0 amide bonds. The van der Waals surface area contributed by atoms with Crippen LogP contribution in [0.5, 0.6) is 0 Å². The van der Waals surface area contributed by atoms with E-state index in [1.807, 2.05) is 18.4 Å². The summed E-state index contributed by atoms with van der Waals surface area (Å²) in [5.41, 5.74) is 2.27. The number of nitrogens with zero attached hydrogens (tertiary/aromatic N) is 3. The first-order valence-electron chi connectivity index (χ1n) is 5.32. The third-order valence-electron chi connectivity index (χ3n) is 2.28. The van der Waals surface area contributed by atoms with Crippen molar-refractivity contribution in [2.24, 2.45) is 4.99 Å². The average molecular weight is 205 g/mol. The highest BCUT2D eigenvalue weighted by molar-refractivity contribution is 5.76. The van der Waals surface area contributed by atoms with E-state index < -0.39 is 0 Å². The lowest BCUT2D eigenvalue weighted by Crippen LogP contribution is -2.01. The molecule has 0 aliphatic heterocycles. The van der Waals surface area contributed by atoms with Gasteiger partial charge in [0.05, 0.1) is 11.9 Å². The van der Waals surface area contributed by atoms with Crippen molar-refractivity contribution in [1.82, 2.24) is 9.55 Å². The second kappa shape index (κ2) is 4.91. The second-order valence-corrected chi connectivity index (χ2v) is 3.78. The number of imidazole rings is 1. The summed E-state index contributed by atoms with van der Waals surface area (Å²) in [6, 6.07) is 0. The molecule has 3 heteroatoms. The van der Waals surface area contributed by atoms with Crippen molar-refractivity contribution in [3.63, 3.8) is 0 Å². The fraction of sp³-hybridized carbons (Fsp3) is 0.500. The zero-order chi connectivity index (χ0) is 11.4. The minimum atomic E-state index is 0.444. The first-order valence-corrected chi connectivity index (χ1v) is 5.32. The molecule has 3 nitrogen and oxygen atoms in total. The highest BCUT2D eigenvalue weighted by Crippen LogP contribution is 2.20. The normalized spacial score (nSPS) is 11.5. The van der Waals surface area contributed by atoms with E-state index in [9.17, 15) is 0 Å². The Morgan fingerprint density at radius 2 is 2.20 bits per heavy atom. The molecule has 15 heavy (non-hydrogen) atoms. The summed E-state index contributed by atoms with van der Waals surface area (Å²) < 4.78 is 2.01. The van der Waals surface area contributed by atoms with Gasteiger partial charge in [0, 0.05) is 18.4 Å². The van der Waals surface area contributed by atoms with E-state index in [0.717, 1.165) is 18.1 Å². The molecule has 0 aromatic carbocycles. The van der Waals surface area contributed by atoms with Gasteiger partial charge in [0.15, 0.2) is 5.82 Å². The fourth-order valence-corrected chi connectivity index (χ4v) is 1.73. The Morgan fingerprint density at radius 1 is 1.53 bits per heavy atom. The first kappa shape index (κ1) is 11.7. The molecular formula is C12H19N3. The molecule has 0 radical (unpaired) electrons. The van der Waals surface area contributed by atoms with Crippen LogP contribution in [0.25, 0.3) is 6.20 Å². The Balaban J connectivity index is 3.24. The molecule has 0 fully saturated rings. The molecule has 0 spiro atoms. The van der Waals surface area contributed by atoms with E-state index in [2.05, 4.69) is 30.4 Å². The third kappa shape index (κ3) is 2.35. The largest absolute Gasteiger partial charge is 0.303 e. The molecule has 0 saturated heterocycles. The van der Waals surface area contributed by atoms with E-state index in [1.54, 1.807) is 12.4 Å². The van der Waals surface area contributed by atoms with Gasteiger partial charge in [-0.1, -0.05) is 20.4 Å². The van der Waals surface area contributed by atoms with E-state index in [1.165, 1.54) is 5.69 Å². The van der Waals surface area contributed by atoms with Crippen molar-refractivity contribution < 1.29 is 0 Å². The minimum Gasteiger partial charge on any atom is -0.303 e. The Kier molecular flexibility index (Phi) is 3.83. The summed E-state index contributed by atoms with van der Waals surface area (Å²) in [6.07, 6.45) is 3.60. The molecule has 0 saturated carbocycles. The Hall–Kier alpha value is -1.38. The zero-order valence-corrected chi connectivity index (χ0v) is 9.99. The van der Waals surface area contributed by atoms with Gasteiger partial charge in [0.25, 0.3) is 0 Å². The maximum atomic E-state index is 4.48. The van der Waals surface area contributed by atoms with Gasteiger partial charge in [0.2, 0.25) is 0 Å². The number of aromatic nitrogens is 2. The van der Waals surface area contributed by atoms with Crippen molar-refractivity contribution in [2.45, 2.75) is 33.6 Å². The summed E-state index contributed by atoms with van der Waals surface area (Å²) in [5, 5.41) is 0.